The van der Waals surface area contributed by atoms with E-state index >= 15 is 0 Å². The molecule has 9 nitrogen and oxygen atoms in total. The van der Waals surface area contributed by atoms with Gasteiger partial charge < -0.3 is 28.6 Å². The molecule has 2 amide bonds. The average Bonchev–Trinajstić information content (AvgIpc) is 3.71. The zero-order chi connectivity index (χ0) is 46.2. The van der Waals surface area contributed by atoms with Crippen LogP contribution in [0, 0.1) is 19.3 Å². The summed E-state index contributed by atoms with van der Waals surface area (Å²) in [5.41, 5.74) is 9.25. The SMILES string of the molecule is C=CN(C(=O)c1cc(OC)c(OCc2cc(COc3cc(C)c(C(=O)N4CCc5ccccc54)cc3OC)cc(CC(C)(C)COC(C)(C)CCC)c2)cc1C)c1ccccc1CC. The summed E-state index contributed by atoms with van der Waals surface area (Å²) >= 11 is 0. The van der Waals surface area contributed by atoms with Gasteiger partial charge in [0.2, 0.25) is 0 Å². The van der Waals surface area contributed by atoms with Crippen LogP contribution in [0.3, 0.4) is 0 Å². The lowest BCUT2D eigenvalue weighted by Gasteiger charge is -2.32. The Labute approximate surface area is 380 Å². The van der Waals surface area contributed by atoms with E-state index in [9.17, 15) is 9.59 Å². The minimum Gasteiger partial charge on any atom is -0.493 e. The van der Waals surface area contributed by atoms with E-state index in [4.69, 9.17) is 23.7 Å². The lowest BCUT2D eigenvalue weighted by molar-refractivity contribution is -0.0594. The molecule has 0 saturated heterocycles. The molecule has 64 heavy (non-hydrogen) atoms. The van der Waals surface area contributed by atoms with Crippen LogP contribution in [-0.2, 0) is 37.2 Å². The number of hydrogen-bond acceptors (Lipinski definition) is 7. The van der Waals surface area contributed by atoms with Crippen molar-refractivity contribution in [2.45, 2.75) is 106 Å². The Morgan fingerprint density at radius 1 is 0.750 bits per heavy atom. The van der Waals surface area contributed by atoms with Crippen LogP contribution in [0.15, 0.2) is 104 Å². The highest BCUT2D eigenvalue weighted by molar-refractivity contribution is 6.09. The topological polar surface area (TPSA) is 86.8 Å². The maximum Gasteiger partial charge on any atom is 0.262 e. The van der Waals surface area contributed by atoms with E-state index in [1.165, 1.54) is 5.56 Å². The number of carbonyl (C=O) groups is 2. The number of para-hydroxylation sites is 2. The summed E-state index contributed by atoms with van der Waals surface area (Å²) in [5.74, 6) is 1.76. The first kappa shape index (κ1) is 47.4. The average molecular weight is 867 g/mol. The lowest BCUT2D eigenvalue weighted by atomic mass is 9.85. The van der Waals surface area contributed by atoms with Gasteiger partial charge in [0.1, 0.15) is 13.2 Å². The van der Waals surface area contributed by atoms with Crippen LogP contribution in [0.25, 0.3) is 0 Å². The molecule has 0 saturated carbocycles. The second-order valence-corrected chi connectivity index (χ2v) is 18.2. The molecule has 0 unspecified atom stereocenters. The van der Waals surface area contributed by atoms with Gasteiger partial charge in [0.15, 0.2) is 23.0 Å². The molecular weight excluding hydrogens is 801 g/mol. The van der Waals surface area contributed by atoms with Crippen molar-refractivity contribution in [2.24, 2.45) is 5.41 Å². The van der Waals surface area contributed by atoms with E-state index in [1.807, 2.05) is 73.3 Å². The van der Waals surface area contributed by atoms with Crippen molar-refractivity contribution in [2.75, 3.05) is 37.2 Å². The number of rotatable bonds is 20. The highest BCUT2D eigenvalue weighted by atomic mass is 16.5. The Hall–Kier alpha value is -6.06. The Kier molecular flexibility index (Phi) is 15.3. The summed E-state index contributed by atoms with van der Waals surface area (Å²) < 4.78 is 31.2. The molecule has 0 aliphatic carbocycles. The van der Waals surface area contributed by atoms with Crippen molar-refractivity contribution >= 4 is 23.2 Å². The van der Waals surface area contributed by atoms with E-state index in [1.54, 1.807) is 37.5 Å². The molecule has 5 aromatic carbocycles. The highest BCUT2D eigenvalue weighted by Gasteiger charge is 2.29. The van der Waals surface area contributed by atoms with Crippen LogP contribution in [-0.4, -0.2) is 44.8 Å². The number of benzene rings is 5. The highest BCUT2D eigenvalue weighted by Crippen LogP contribution is 2.37. The first-order valence-electron chi connectivity index (χ1n) is 22.4. The van der Waals surface area contributed by atoms with Crippen LogP contribution < -0.4 is 28.7 Å². The number of nitrogens with zero attached hydrogens (tertiary/aromatic N) is 2. The Morgan fingerprint density at radius 2 is 1.33 bits per heavy atom. The monoisotopic (exact) mass is 866 g/mol. The molecule has 0 aromatic heterocycles. The molecule has 6 rings (SSSR count). The third-order valence-corrected chi connectivity index (χ3v) is 11.9. The Bertz CT molecular complexity index is 2470. The van der Waals surface area contributed by atoms with Gasteiger partial charge in [-0.1, -0.05) is 89.2 Å². The van der Waals surface area contributed by atoms with Crippen molar-refractivity contribution in [1.82, 2.24) is 0 Å². The molecule has 1 aliphatic heterocycles. The number of anilines is 2. The molecule has 9 heteroatoms. The third kappa shape index (κ3) is 11.2. The van der Waals surface area contributed by atoms with Gasteiger partial charge in [0, 0.05) is 29.6 Å². The summed E-state index contributed by atoms with van der Waals surface area (Å²) in [6.45, 7) is 22.6. The van der Waals surface area contributed by atoms with Gasteiger partial charge >= 0.3 is 0 Å². The van der Waals surface area contributed by atoms with Crippen molar-refractivity contribution in [3.8, 4) is 23.0 Å². The standard InChI is InChI=1S/C55H66N2O7/c1-12-24-55(8,9)64-36-54(6,7)33-39-28-40(34-62-50-26-37(4)44(31-48(50)60-10)52(58)56(14-3)46-21-17-15-19-42(46)13-2)30-41(29-39)35-63-51-27-38(5)45(32-49(51)61-11)53(59)57-25-23-43-20-16-18-22-47(43)57/h14-22,26-32H,3,12-13,23-25,33-36H2,1-2,4-11H3. The molecule has 0 fully saturated rings. The van der Waals surface area contributed by atoms with Crippen molar-refractivity contribution in [1.29, 1.82) is 0 Å². The minimum absolute atomic E-state index is 0.0566. The summed E-state index contributed by atoms with van der Waals surface area (Å²) in [4.78, 5) is 31.3. The quantitative estimate of drug-likeness (QED) is 0.0770. The lowest BCUT2D eigenvalue weighted by Crippen LogP contribution is -2.31. The predicted molar refractivity (Wildman–Crippen MR) is 258 cm³/mol. The summed E-state index contributed by atoms with van der Waals surface area (Å²) in [6.07, 6.45) is 5.96. The third-order valence-electron chi connectivity index (χ3n) is 11.9. The van der Waals surface area contributed by atoms with Crippen LogP contribution in [0.2, 0.25) is 0 Å². The fourth-order valence-electron chi connectivity index (χ4n) is 8.59. The molecule has 0 bridgehead atoms. The second kappa shape index (κ2) is 20.6. The molecule has 0 atom stereocenters. The van der Waals surface area contributed by atoms with E-state index in [-0.39, 0.29) is 36.0 Å². The number of fused-ring (bicyclic) bond motifs is 1. The molecule has 0 spiro atoms. The number of methoxy groups -OCH3 is 2. The maximum atomic E-state index is 14.0. The van der Waals surface area contributed by atoms with Gasteiger partial charge in [-0.15, -0.1) is 0 Å². The molecule has 0 radical (unpaired) electrons. The number of hydrogen-bond donors (Lipinski definition) is 0. The van der Waals surface area contributed by atoms with Crippen LogP contribution >= 0.6 is 0 Å². The van der Waals surface area contributed by atoms with Crippen molar-refractivity contribution in [3.63, 3.8) is 0 Å². The van der Waals surface area contributed by atoms with Gasteiger partial charge in [0.05, 0.1) is 32.1 Å². The number of aryl methyl sites for hydroxylation is 3. The summed E-state index contributed by atoms with van der Waals surface area (Å²) in [6, 6.07) is 29.6. The maximum absolute atomic E-state index is 14.0. The molecule has 338 valence electrons. The normalized spacial score (nSPS) is 12.4. The smallest absolute Gasteiger partial charge is 0.262 e. The van der Waals surface area contributed by atoms with Crippen LogP contribution in [0.1, 0.15) is 114 Å². The zero-order valence-corrected chi connectivity index (χ0v) is 39.6. The molecule has 1 aliphatic rings. The predicted octanol–water partition coefficient (Wildman–Crippen LogP) is 12.2. The fraction of sp³-hybridized carbons (Fsp3) is 0.382. The Balaban J connectivity index is 1.26. The van der Waals surface area contributed by atoms with Crippen molar-refractivity contribution < 1.29 is 33.3 Å². The van der Waals surface area contributed by atoms with Crippen molar-refractivity contribution in [3.05, 3.63) is 154 Å². The second-order valence-electron chi connectivity index (χ2n) is 18.2. The summed E-state index contributed by atoms with van der Waals surface area (Å²) in [7, 11) is 3.17. The largest absolute Gasteiger partial charge is 0.493 e. The van der Waals surface area contributed by atoms with Gasteiger partial charge in [-0.05, 0) is 140 Å². The van der Waals surface area contributed by atoms with Crippen LogP contribution in [0.4, 0.5) is 11.4 Å². The van der Waals surface area contributed by atoms with Gasteiger partial charge in [-0.3, -0.25) is 14.5 Å². The van der Waals surface area contributed by atoms with Gasteiger partial charge in [0.25, 0.3) is 11.8 Å². The molecule has 0 N–H and O–H groups in total. The molecular formula is C55H66N2O7. The Morgan fingerprint density at radius 3 is 1.94 bits per heavy atom. The number of ether oxygens (including phenoxy) is 5. The van der Waals surface area contributed by atoms with Gasteiger partial charge in [-0.25, -0.2) is 0 Å². The van der Waals surface area contributed by atoms with E-state index in [0.717, 1.165) is 76.9 Å². The molecule has 1 heterocycles. The van der Waals surface area contributed by atoms with Crippen LogP contribution in [0.5, 0.6) is 23.0 Å². The number of amides is 2. The first-order valence-corrected chi connectivity index (χ1v) is 22.4. The summed E-state index contributed by atoms with van der Waals surface area (Å²) in [5, 5.41) is 0. The first-order chi connectivity index (χ1) is 30.6. The van der Waals surface area contributed by atoms with E-state index < -0.39 is 0 Å². The minimum atomic E-state index is -0.210. The number of carbonyl (C=O) groups excluding carboxylic acids is 2. The van der Waals surface area contributed by atoms with Gasteiger partial charge in [-0.2, -0.15) is 0 Å². The fourth-order valence-corrected chi connectivity index (χ4v) is 8.59. The zero-order valence-electron chi connectivity index (χ0n) is 39.6. The van der Waals surface area contributed by atoms with E-state index in [0.29, 0.717) is 47.3 Å². The molecule has 5 aromatic rings. The van der Waals surface area contributed by atoms with E-state index in [2.05, 4.69) is 72.4 Å².